The van der Waals surface area contributed by atoms with Crippen LogP contribution >= 0.6 is 0 Å². The molecule has 0 amide bonds. The first kappa shape index (κ1) is 14.0. The third-order valence-corrected chi connectivity index (χ3v) is 2.93. The molecular weight excluding hydrogens is 210 g/mol. The molecule has 3 rings (SSSR count). The molecule has 2 heteroatoms. The molecule has 1 spiro atoms. The lowest BCUT2D eigenvalue weighted by Crippen LogP contribution is -2.62. The van der Waals surface area contributed by atoms with E-state index in [9.17, 15) is 0 Å². The van der Waals surface area contributed by atoms with E-state index in [0.29, 0.717) is 0 Å². The van der Waals surface area contributed by atoms with Gasteiger partial charge in [0.25, 0.3) is 0 Å². The lowest BCUT2D eigenvalue weighted by Gasteiger charge is -2.44. The summed E-state index contributed by atoms with van der Waals surface area (Å²) in [5.41, 5.74) is 1.49. The molecule has 0 radical (unpaired) electrons. The van der Waals surface area contributed by atoms with Crippen LogP contribution in [0.15, 0.2) is 24.3 Å². The Morgan fingerprint density at radius 2 is 1.65 bits per heavy atom. The second-order valence-corrected chi connectivity index (χ2v) is 4.24. The average Bonchev–Trinajstić information content (AvgIpc) is 2.72. The zero-order valence-electron chi connectivity index (χ0n) is 11.8. The van der Waals surface area contributed by atoms with Gasteiger partial charge >= 0.3 is 0 Å². The summed E-state index contributed by atoms with van der Waals surface area (Å²) in [7, 11) is 2.14. The topological polar surface area (TPSA) is 12.5 Å². The number of rotatable bonds is 0. The Hall–Kier alpha value is -1.02. The van der Waals surface area contributed by atoms with Gasteiger partial charge in [-0.25, -0.2) is 0 Å². The standard InChI is InChI=1S/C11H13NO.2C2H6/c1-12-7-11(8-12)6-9-4-2-3-5-10(9)13-11;2*1-2/h2-5H,6-8H2,1H3;2*1-2H3. The van der Waals surface area contributed by atoms with Crippen LogP contribution in [0.1, 0.15) is 33.3 Å². The van der Waals surface area contributed by atoms with E-state index in [0.717, 1.165) is 25.3 Å². The molecule has 17 heavy (non-hydrogen) atoms. The first-order valence-corrected chi connectivity index (χ1v) is 6.73. The second kappa shape index (κ2) is 6.06. The monoisotopic (exact) mass is 235 g/mol. The molecule has 1 aromatic carbocycles. The molecule has 2 aliphatic heterocycles. The number of likely N-dealkylation sites (N-methyl/N-ethyl adjacent to an activating group) is 1. The van der Waals surface area contributed by atoms with Gasteiger partial charge in [-0.15, -0.1) is 0 Å². The van der Waals surface area contributed by atoms with Gasteiger partial charge in [0.15, 0.2) is 0 Å². The van der Waals surface area contributed by atoms with Crippen LogP contribution in [0.2, 0.25) is 0 Å². The van der Waals surface area contributed by atoms with Crippen molar-refractivity contribution < 1.29 is 4.74 Å². The molecule has 1 saturated heterocycles. The molecule has 2 nitrogen and oxygen atoms in total. The largest absolute Gasteiger partial charge is 0.484 e. The quantitative estimate of drug-likeness (QED) is 0.683. The number of hydrogen-bond donors (Lipinski definition) is 0. The Bertz CT molecular complexity index is 316. The fourth-order valence-corrected chi connectivity index (χ4v) is 2.48. The van der Waals surface area contributed by atoms with Crippen molar-refractivity contribution in [3.63, 3.8) is 0 Å². The second-order valence-electron chi connectivity index (χ2n) is 4.24. The molecule has 0 aromatic heterocycles. The summed E-state index contributed by atoms with van der Waals surface area (Å²) < 4.78 is 5.96. The summed E-state index contributed by atoms with van der Waals surface area (Å²) in [5, 5.41) is 0. The fraction of sp³-hybridized carbons (Fsp3) is 0.600. The van der Waals surface area contributed by atoms with E-state index in [2.05, 4.69) is 30.1 Å². The van der Waals surface area contributed by atoms with Crippen LogP contribution in [-0.4, -0.2) is 30.6 Å². The maximum absolute atomic E-state index is 5.96. The van der Waals surface area contributed by atoms with Gasteiger partial charge in [0.2, 0.25) is 0 Å². The zero-order valence-corrected chi connectivity index (χ0v) is 11.8. The van der Waals surface area contributed by atoms with E-state index in [4.69, 9.17) is 4.74 Å². The molecular formula is C15H25NO. The molecule has 1 aromatic rings. The van der Waals surface area contributed by atoms with Gasteiger partial charge < -0.3 is 4.74 Å². The Labute approximate surface area is 106 Å². The van der Waals surface area contributed by atoms with Gasteiger partial charge in [0, 0.05) is 19.5 Å². The summed E-state index contributed by atoms with van der Waals surface area (Å²) >= 11 is 0. The molecule has 0 bridgehead atoms. The van der Waals surface area contributed by atoms with E-state index < -0.39 is 0 Å². The zero-order chi connectivity index (χ0) is 12.9. The summed E-state index contributed by atoms with van der Waals surface area (Å²) in [6, 6.07) is 8.37. The van der Waals surface area contributed by atoms with Crippen molar-refractivity contribution >= 4 is 0 Å². The molecule has 0 unspecified atom stereocenters. The molecule has 0 atom stereocenters. The van der Waals surface area contributed by atoms with Crippen molar-refractivity contribution in [2.24, 2.45) is 0 Å². The van der Waals surface area contributed by atoms with E-state index in [1.165, 1.54) is 5.56 Å². The number of benzene rings is 1. The summed E-state index contributed by atoms with van der Waals surface area (Å²) in [6.45, 7) is 10.1. The first-order valence-electron chi connectivity index (χ1n) is 6.73. The fourth-order valence-electron chi connectivity index (χ4n) is 2.48. The van der Waals surface area contributed by atoms with Crippen LogP contribution in [0.3, 0.4) is 0 Å². The minimum absolute atomic E-state index is 0.123. The Kier molecular flexibility index (Phi) is 5.01. The maximum atomic E-state index is 5.96. The van der Waals surface area contributed by atoms with Gasteiger partial charge in [-0.05, 0) is 18.7 Å². The van der Waals surface area contributed by atoms with E-state index >= 15 is 0 Å². The van der Waals surface area contributed by atoms with Crippen LogP contribution in [0.25, 0.3) is 0 Å². The SMILES string of the molecule is CC.CC.CN1CC2(Cc3ccccc3O2)C1. The normalized spacial score (nSPS) is 18.9. The summed E-state index contributed by atoms with van der Waals surface area (Å²) in [6.07, 6.45) is 1.09. The van der Waals surface area contributed by atoms with Crippen LogP contribution in [-0.2, 0) is 6.42 Å². The van der Waals surface area contributed by atoms with Crippen LogP contribution in [0.5, 0.6) is 5.75 Å². The number of para-hydroxylation sites is 1. The third kappa shape index (κ3) is 2.81. The Morgan fingerprint density at radius 3 is 2.18 bits per heavy atom. The van der Waals surface area contributed by atoms with Gasteiger partial charge in [0.05, 0.1) is 0 Å². The molecule has 96 valence electrons. The minimum atomic E-state index is 0.123. The van der Waals surface area contributed by atoms with E-state index in [1.807, 2.05) is 33.8 Å². The highest BCUT2D eigenvalue weighted by Crippen LogP contribution is 2.39. The number of likely N-dealkylation sites (tertiary alicyclic amines) is 1. The highest BCUT2D eigenvalue weighted by molar-refractivity contribution is 5.40. The predicted octanol–water partition coefficient (Wildman–Crippen LogP) is 3.36. The minimum Gasteiger partial charge on any atom is -0.484 e. The van der Waals surface area contributed by atoms with Crippen LogP contribution in [0.4, 0.5) is 0 Å². The van der Waals surface area contributed by atoms with E-state index in [1.54, 1.807) is 0 Å². The molecule has 0 saturated carbocycles. The highest BCUT2D eigenvalue weighted by Gasteiger charge is 2.47. The number of fused-ring (bicyclic) bond motifs is 1. The Balaban J connectivity index is 0.000000330. The van der Waals surface area contributed by atoms with Crippen LogP contribution in [0, 0.1) is 0 Å². The third-order valence-electron chi connectivity index (χ3n) is 2.93. The molecule has 0 N–H and O–H groups in total. The van der Waals surface area contributed by atoms with Crippen LogP contribution < -0.4 is 4.74 Å². The average molecular weight is 235 g/mol. The molecule has 0 aliphatic carbocycles. The number of hydrogen-bond acceptors (Lipinski definition) is 2. The van der Waals surface area contributed by atoms with Gasteiger partial charge in [-0.3, -0.25) is 4.90 Å². The lowest BCUT2D eigenvalue weighted by molar-refractivity contribution is -0.0482. The molecule has 2 heterocycles. The number of ether oxygens (including phenoxy) is 1. The van der Waals surface area contributed by atoms with Gasteiger partial charge in [0.1, 0.15) is 11.4 Å². The van der Waals surface area contributed by atoms with Gasteiger partial charge in [-0.2, -0.15) is 0 Å². The van der Waals surface area contributed by atoms with Crippen molar-refractivity contribution in [3.05, 3.63) is 29.8 Å². The summed E-state index contributed by atoms with van der Waals surface area (Å²) in [5.74, 6) is 1.09. The smallest absolute Gasteiger partial charge is 0.138 e. The first-order chi connectivity index (χ1) is 8.27. The molecule has 2 aliphatic rings. The number of nitrogens with zero attached hydrogens (tertiary/aromatic N) is 1. The van der Waals surface area contributed by atoms with Crippen molar-refractivity contribution in [1.82, 2.24) is 4.90 Å². The Morgan fingerprint density at radius 1 is 1.06 bits per heavy atom. The van der Waals surface area contributed by atoms with Gasteiger partial charge in [-0.1, -0.05) is 45.9 Å². The highest BCUT2D eigenvalue weighted by atomic mass is 16.5. The summed E-state index contributed by atoms with van der Waals surface area (Å²) in [4.78, 5) is 2.30. The molecule has 1 fully saturated rings. The predicted molar refractivity (Wildman–Crippen MR) is 73.7 cm³/mol. The van der Waals surface area contributed by atoms with Crippen molar-refractivity contribution in [3.8, 4) is 5.75 Å². The van der Waals surface area contributed by atoms with Crippen molar-refractivity contribution in [1.29, 1.82) is 0 Å². The lowest BCUT2D eigenvalue weighted by atomic mass is 9.90. The van der Waals surface area contributed by atoms with Crippen molar-refractivity contribution in [2.75, 3.05) is 20.1 Å². The van der Waals surface area contributed by atoms with Crippen molar-refractivity contribution in [2.45, 2.75) is 39.7 Å². The maximum Gasteiger partial charge on any atom is 0.138 e. The van der Waals surface area contributed by atoms with E-state index in [-0.39, 0.29) is 5.60 Å².